The van der Waals surface area contributed by atoms with Crippen LogP contribution in [0.5, 0.6) is 0 Å². The van der Waals surface area contributed by atoms with Crippen molar-refractivity contribution in [2.75, 3.05) is 27.3 Å². The van der Waals surface area contributed by atoms with Gasteiger partial charge in [0.15, 0.2) is 0 Å². The molecule has 0 aromatic carbocycles. The van der Waals surface area contributed by atoms with E-state index in [4.69, 9.17) is 10.2 Å². The van der Waals surface area contributed by atoms with Crippen molar-refractivity contribution < 1.29 is 10.2 Å². The van der Waals surface area contributed by atoms with Crippen LogP contribution < -0.4 is 5.32 Å². The first-order valence-electron chi connectivity index (χ1n) is 3.10. The first-order chi connectivity index (χ1) is 4.50. The molecule has 0 aliphatic carbocycles. The largest absolute Gasteiger partial charge is 0.400 e. The number of aliphatic hydroxyl groups is 2. The van der Waals surface area contributed by atoms with E-state index in [-0.39, 0.29) is 0 Å². The summed E-state index contributed by atoms with van der Waals surface area (Å²) in [4.78, 5) is 0. The van der Waals surface area contributed by atoms with Crippen LogP contribution in [0.25, 0.3) is 0 Å². The van der Waals surface area contributed by atoms with Crippen molar-refractivity contribution in [1.82, 2.24) is 5.32 Å². The SMILES string of the molecule is C1CCNC1.CO.CO. The fourth-order valence-corrected chi connectivity index (χ4v) is 0.625. The van der Waals surface area contributed by atoms with E-state index in [2.05, 4.69) is 5.32 Å². The molecule has 0 aromatic heterocycles. The third-order valence-electron chi connectivity index (χ3n) is 0.957. The number of hydrogen-bond acceptors (Lipinski definition) is 3. The molecule has 0 atom stereocenters. The zero-order valence-corrected chi connectivity index (χ0v) is 6.22. The molecule has 0 saturated carbocycles. The van der Waals surface area contributed by atoms with Crippen LogP contribution in [-0.4, -0.2) is 37.5 Å². The number of aliphatic hydroxyl groups excluding tert-OH is 2. The Kier molecular flexibility index (Phi) is 20.3. The van der Waals surface area contributed by atoms with E-state index in [1.807, 2.05) is 0 Å². The summed E-state index contributed by atoms with van der Waals surface area (Å²) >= 11 is 0. The fourth-order valence-electron chi connectivity index (χ4n) is 0.625. The Labute approximate surface area is 56.7 Å². The summed E-state index contributed by atoms with van der Waals surface area (Å²) in [5, 5.41) is 17.2. The minimum absolute atomic E-state index is 1.00. The first kappa shape index (κ1) is 11.6. The minimum atomic E-state index is 1.00. The maximum Gasteiger partial charge on any atom is 0.0319 e. The van der Waals surface area contributed by atoms with Crippen molar-refractivity contribution in [1.29, 1.82) is 0 Å². The molecule has 1 aliphatic heterocycles. The van der Waals surface area contributed by atoms with E-state index in [9.17, 15) is 0 Å². The molecule has 0 spiro atoms. The first-order valence-corrected chi connectivity index (χ1v) is 3.10. The molecule has 1 rings (SSSR count). The second kappa shape index (κ2) is 15.7. The van der Waals surface area contributed by atoms with Crippen LogP contribution in [0, 0.1) is 0 Å². The van der Waals surface area contributed by atoms with Gasteiger partial charge in [0.1, 0.15) is 0 Å². The average Bonchev–Trinajstić information content (AvgIpc) is 2.51. The lowest BCUT2D eigenvalue weighted by Crippen LogP contribution is -2.03. The maximum absolute atomic E-state index is 7.00. The highest BCUT2D eigenvalue weighted by molar-refractivity contribution is 4.55. The summed E-state index contributed by atoms with van der Waals surface area (Å²) in [5.74, 6) is 0. The number of rotatable bonds is 0. The van der Waals surface area contributed by atoms with E-state index in [1.54, 1.807) is 0 Å². The highest BCUT2D eigenvalue weighted by atomic mass is 16.2. The Bertz CT molecular complexity index is 22.6. The van der Waals surface area contributed by atoms with Crippen LogP contribution in [0.1, 0.15) is 12.8 Å². The molecule has 3 heteroatoms. The molecule has 0 amide bonds. The molecular formula is C6H17NO2. The molecule has 1 fully saturated rings. The minimum Gasteiger partial charge on any atom is -0.400 e. The van der Waals surface area contributed by atoms with Gasteiger partial charge in [-0.25, -0.2) is 0 Å². The Hall–Kier alpha value is -0.120. The van der Waals surface area contributed by atoms with E-state index in [0.29, 0.717) is 0 Å². The molecule has 1 aliphatic rings. The van der Waals surface area contributed by atoms with Gasteiger partial charge in [0.25, 0.3) is 0 Å². The van der Waals surface area contributed by atoms with Gasteiger partial charge >= 0.3 is 0 Å². The molecule has 58 valence electrons. The molecule has 0 aromatic rings. The van der Waals surface area contributed by atoms with E-state index >= 15 is 0 Å². The quantitative estimate of drug-likeness (QED) is 0.423. The molecule has 1 saturated heterocycles. The van der Waals surface area contributed by atoms with Crippen LogP contribution in [0.4, 0.5) is 0 Å². The van der Waals surface area contributed by atoms with Gasteiger partial charge in [-0.1, -0.05) is 0 Å². The number of nitrogens with one attached hydrogen (secondary N) is 1. The van der Waals surface area contributed by atoms with Gasteiger partial charge < -0.3 is 15.5 Å². The van der Waals surface area contributed by atoms with Crippen molar-refractivity contribution in [3.05, 3.63) is 0 Å². The topological polar surface area (TPSA) is 52.5 Å². The lowest BCUT2D eigenvalue weighted by Gasteiger charge is -1.76. The lowest BCUT2D eigenvalue weighted by atomic mass is 10.4. The van der Waals surface area contributed by atoms with Gasteiger partial charge in [0.05, 0.1) is 0 Å². The van der Waals surface area contributed by atoms with E-state index < -0.39 is 0 Å². The van der Waals surface area contributed by atoms with Crippen molar-refractivity contribution in [3.8, 4) is 0 Å². The van der Waals surface area contributed by atoms with Crippen molar-refractivity contribution in [2.45, 2.75) is 12.8 Å². The van der Waals surface area contributed by atoms with Crippen LogP contribution in [0.3, 0.4) is 0 Å². The maximum atomic E-state index is 7.00. The Morgan fingerprint density at radius 3 is 1.33 bits per heavy atom. The van der Waals surface area contributed by atoms with Crippen LogP contribution >= 0.6 is 0 Å². The molecule has 0 unspecified atom stereocenters. The molecule has 9 heavy (non-hydrogen) atoms. The normalized spacial score (nSPS) is 14.7. The van der Waals surface area contributed by atoms with E-state index in [1.165, 1.54) is 25.9 Å². The van der Waals surface area contributed by atoms with Crippen molar-refractivity contribution in [2.24, 2.45) is 0 Å². The lowest BCUT2D eigenvalue weighted by molar-refractivity contribution is 0.399. The van der Waals surface area contributed by atoms with Gasteiger partial charge in [-0.2, -0.15) is 0 Å². The van der Waals surface area contributed by atoms with Crippen molar-refractivity contribution in [3.63, 3.8) is 0 Å². The monoisotopic (exact) mass is 135 g/mol. The molecule has 3 N–H and O–H groups in total. The summed E-state index contributed by atoms with van der Waals surface area (Å²) in [7, 11) is 2.00. The Balaban J connectivity index is 0. The molecule has 1 heterocycles. The third-order valence-corrected chi connectivity index (χ3v) is 0.957. The van der Waals surface area contributed by atoms with Gasteiger partial charge in [-0.05, 0) is 25.9 Å². The number of hydrogen-bond donors (Lipinski definition) is 3. The fraction of sp³-hybridized carbons (Fsp3) is 1.00. The van der Waals surface area contributed by atoms with Crippen LogP contribution in [-0.2, 0) is 0 Å². The average molecular weight is 135 g/mol. The van der Waals surface area contributed by atoms with Crippen LogP contribution in [0.2, 0.25) is 0 Å². The van der Waals surface area contributed by atoms with E-state index in [0.717, 1.165) is 14.2 Å². The predicted molar refractivity (Wildman–Crippen MR) is 38.4 cm³/mol. The summed E-state index contributed by atoms with van der Waals surface area (Å²) in [6.45, 7) is 2.50. The summed E-state index contributed by atoms with van der Waals surface area (Å²) < 4.78 is 0. The predicted octanol–water partition coefficient (Wildman–Crippen LogP) is -0.413. The molecule has 0 radical (unpaired) electrons. The Morgan fingerprint density at radius 2 is 1.22 bits per heavy atom. The van der Waals surface area contributed by atoms with Gasteiger partial charge in [-0.3, -0.25) is 0 Å². The van der Waals surface area contributed by atoms with Crippen molar-refractivity contribution >= 4 is 0 Å². The third kappa shape index (κ3) is 11.4. The summed E-state index contributed by atoms with van der Waals surface area (Å²) in [6.07, 6.45) is 2.78. The standard InChI is InChI=1S/C4H9N.2CH4O/c1-2-4-5-3-1;2*1-2/h5H,1-4H2;2*2H,1H3. The van der Waals surface area contributed by atoms with Gasteiger partial charge in [0.2, 0.25) is 0 Å². The van der Waals surface area contributed by atoms with Gasteiger partial charge in [0, 0.05) is 14.2 Å². The molecule has 0 bridgehead atoms. The Morgan fingerprint density at radius 1 is 0.889 bits per heavy atom. The zero-order valence-electron chi connectivity index (χ0n) is 6.22. The van der Waals surface area contributed by atoms with Crippen LogP contribution in [0.15, 0.2) is 0 Å². The second-order valence-electron chi connectivity index (χ2n) is 1.46. The van der Waals surface area contributed by atoms with Gasteiger partial charge in [-0.15, -0.1) is 0 Å². The summed E-state index contributed by atoms with van der Waals surface area (Å²) in [5.41, 5.74) is 0. The second-order valence-corrected chi connectivity index (χ2v) is 1.46. The summed E-state index contributed by atoms with van der Waals surface area (Å²) in [6, 6.07) is 0. The molecule has 3 nitrogen and oxygen atoms in total. The highest BCUT2D eigenvalue weighted by Gasteiger charge is 1.93. The smallest absolute Gasteiger partial charge is 0.0319 e. The zero-order chi connectivity index (χ0) is 7.54. The highest BCUT2D eigenvalue weighted by Crippen LogP contribution is 1.90. The molecular weight excluding hydrogens is 118 g/mol.